The van der Waals surface area contributed by atoms with Crippen molar-refractivity contribution in [1.29, 1.82) is 0 Å². The third-order valence-corrected chi connectivity index (χ3v) is 5.95. The predicted molar refractivity (Wildman–Crippen MR) is 95.4 cm³/mol. The maximum absolute atomic E-state index is 12.5. The first-order valence-corrected chi connectivity index (χ1v) is 9.97. The van der Waals surface area contributed by atoms with E-state index in [1.807, 2.05) is 0 Å². The molecule has 2 atom stereocenters. The minimum Gasteiger partial charge on any atom is -0.456 e. The molecule has 1 aliphatic rings. The predicted octanol–water partition coefficient (Wildman–Crippen LogP) is 3.14. The molecule has 1 aliphatic carbocycles. The number of nitrogens with one attached hydrogen (secondary N) is 1. The van der Waals surface area contributed by atoms with Crippen LogP contribution in [0, 0.1) is 0 Å². The molecule has 1 aromatic rings. The zero-order chi connectivity index (χ0) is 18.8. The van der Waals surface area contributed by atoms with Crippen molar-refractivity contribution in [2.75, 3.05) is 7.11 Å². The molecule has 1 fully saturated rings. The van der Waals surface area contributed by atoms with Crippen molar-refractivity contribution in [3.8, 4) is 0 Å². The topological polar surface area (TPSA) is 81.7 Å². The van der Waals surface area contributed by atoms with Crippen LogP contribution in [0.5, 0.6) is 0 Å². The van der Waals surface area contributed by atoms with E-state index in [1.165, 1.54) is 18.2 Å². The highest BCUT2D eigenvalue weighted by Gasteiger charge is 2.32. The minimum atomic E-state index is -3.77. The quantitative estimate of drug-likeness (QED) is 0.782. The molecule has 0 aliphatic heterocycles. The van der Waals surface area contributed by atoms with Crippen molar-refractivity contribution in [3.05, 3.63) is 28.8 Å². The number of carbonyl (C=O) groups is 1. The average molecular weight is 390 g/mol. The van der Waals surface area contributed by atoms with Crippen molar-refractivity contribution in [1.82, 2.24) is 4.72 Å². The Hall–Kier alpha value is -1.15. The molecule has 1 aromatic carbocycles. The summed E-state index contributed by atoms with van der Waals surface area (Å²) in [6.45, 7) is 5.21. The van der Waals surface area contributed by atoms with E-state index in [0.717, 1.165) is 12.8 Å². The summed E-state index contributed by atoms with van der Waals surface area (Å²) in [7, 11) is -2.20. The first-order chi connectivity index (χ1) is 11.5. The molecular weight excluding hydrogens is 366 g/mol. The van der Waals surface area contributed by atoms with E-state index in [1.54, 1.807) is 27.9 Å². The number of sulfonamides is 1. The lowest BCUT2D eigenvalue weighted by atomic mass is 10.1. The van der Waals surface area contributed by atoms with E-state index < -0.39 is 21.5 Å². The van der Waals surface area contributed by atoms with Crippen molar-refractivity contribution < 1.29 is 22.7 Å². The van der Waals surface area contributed by atoms with Gasteiger partial charge >= 0.3 is 5.97 Å². The Kier molecular flexibility index (Phi) is 6.14. The monoisotopic (exact) mass is 389 g/mol. The Balaban J connectivity index is 2.25. The zero-order valence-corrected chi connectivity index (χ0v) is 16.4. The number of methoxy groups -OCH3 is 1. The van der Waals surface area contributed by atoms with E-state index >= 15 is 0 Å². The van der Waals surface area contributed by atoms with E-state index in [9.17, 15) is 13.2 Å². The number of hydrogen-bond acceptors (Lipinski definition) is 5. The minimum absolute atomic E-state index is 0.0280. The number of hydrogen-bond donors (Lipinski definition) is 1. The molecule has 1 N–H and O–H groups in total. The van der Waals surface area contributed by atoms with Gasteiger partial charge in [-0.3, -0.25) is 0 Å². The van der Waals surface area contributed by atoms with Gasteiger partial charge in [-0.25, -0.2) is 17.9 Å². The largest absolute Gasteiger partial charge is 0.456 e. The molecular formula is C17H24ClNO5S. The molecule has 8 heteroatoms. The van der Waals surface area contributed by atoms with Crippen molar-refractivity contribution in [3.63, 3.8) is 0 Å². The van der Waals surface area contributed by atoms with Gasteiger partial charge in [-0.15, -0.1) is 0 Å². The first-order valence-electron chi connectivity index (χ1n) is 8.11. The van der Waals surface area contributed by atoms with Gasteiger partial charge in [0.25, 0.3) is 0 Å². The van der Waals surface area contributed by atoms with E-state index in [-0.39, 0.29) is 27.7 Å². The van der Waals surface area contributed by atoms with Crippen LogP contribution in [0.15, 0.2) is 23.1 Å². The van der Waals surface area contributed by atoms with E-state index in [2.05, 4.69) is 4.72 Å². The van der Waals surface area contributed by atoms with Gasteiger partial charge in [0.1, 0.15) is 6.10 Å². The lowest BCUT2D eigenvalue weighted by molar-refractivity contribution is -0.0206. The molecule has 0 amide bonds. The fourth-order valence-corrected chi connectivity index (χ4v) is 4.43. The van der Waals surface area contributed by atoms with Gasteiger partial charge in [0.2, 0.25) is 10.0 Å². The smallest absolute Gasteiger partial charge is 0.340 e. The highest BCUT2D eigenvalue weighted by atomic mass is 35.5. The van der Waals surface area contributed by atoms with Crippen LogP contribution < -0.4 is 4.72 Å². The lowest BCUT2D eigenvalue weighted by Gasteiger charge is -2.21. The van der Waals surface area contributed by atoms with Crippen LogP contribution >= 0.6 is 11.6 Å². The van der Waals surface area contributed by atoms with Crippen molar-refractivity contribution in [2.45, 2.75) is 62.7 Å². The maximum atomic E-state index is 12.5. The Labute approximate surface area is 153 Å². The summed E-state index contributed by atoms with van der Waals surface area (Å²) >= 11 is 6.08. The normalized spacial score (nSPS) is 21.3. The summed E-state index contributed by atoms with van der Waals surface area (Å²) in [5, 5.41) is 0.145. The first kappa shape index (κ1) is 20.2. The molecule has 0 heterocycles. The Morgan fingerprint density at radius 2 is 1.88 bits per heavy atom. The van der Waals surface area contributed by atoms with Gasteiger partial charge in [-0.1, -0.05) is 11.6 Å². The van der Waals surface area contributed by atoms with Crippen molar-refractivity contribution in [2.24, 2.45) is 0 Å². The Bertz CT molecular complexity index is 742. The van der Waals surface area contributed by atoms with Crippen LogP contribution in [0.4, 0.5) is 0 Å². The summed E-state index contributed by atoms with van der Waals surface area (Å²) in [5.74, 6) is -0.647. The number of halogens is 1. The zero-order valence-electron chi connectivity index (χ0n) is 14.8. The molecule has 0 radical (unpaired) electrons. The molecule has 0 spiro atoms. The van der Waals surface area contributed by atoms with Gasteiger partial charge in [0.15, 0.2) is 0 Å². The highest BCUT2D eigenvalue weighted by Crippen LogP contribution is 2.27. The molecule has 1 saturated carbocycles. The molecule has 0 unspecified atom stereocenters. The molecule has 2 rings (SSSR count). The Morgan fingerprint density at radius 3 is 2.48 bits per heavy atom. The third kappa shape index (κ3) is 5.17. The fraction of sp³-hybridized carbons (Fsp3) is 0.588. The summed E-state index contributed by atoms with van der Waals surface area (Å²) in [6.07, 6.45) is 1.96. The lowest BCUT2D eigenvalue weighted by Crippen LogP contribution is -2.40. The molecule has 0 bridgehead atoms. The van der Waals surface area contributed by atoms with Gasteiger partial charge in [-0.2, -0.15) is 0 Å². The summed E-state index contributed by atoms with van der Waals surface area (Å²) in [4.78, 5) is 12.4. The fourth-order valence-electron chi connectivity index (χ4n) is 2.79. The third-order valence-electron chi connectivity index (χ3n) is 3.86. The standard InChI is InChI=1S/C17H24ClNO5S/c1-17(2,3)19-25(21,22)11-8-9-13(18)12(10-11)16(20)24-15-7-5-6-14(15)23-4/h8-10,14-15,19H,5-7H2,1-4H3/t14-,15-/m0/s1. The van der Waals surface area contributed by atoms with E-state index in [0.29, 0.717) is 6.42 Å². The molecule has 6 nitrogen and oxygen atoms in total. The molecule has 140 valence electrons. The van der Waals surface area contributed by atoms with Crippen molar-refractivity contribution >= 4 is 27.6 Å². The van der Waals surface area contributed by atoms with Gasteiger partial charge in [-0.05, 0) is 58.2 Å². The summed E-state index contributed by atoms with van der Waals surface area (Å²) < 4.78 is 38.2. The summed E-state index contributed by atoms with van der Waals surface area (Å²) in [5.41, 5.74) is -0.616. The highest BCUT2D eigenvalue weighted by molar-refractivity contribution is 7.89. The number of benzene rings is 1. The summed E-state index contributed by atoms with van der Waals surface area (Å²) in [6, 6.07) is 3.99. The van der Waals surface area contributed by atoms with Gasteiger partial charge < -0.3 is 9.47 Å². The Morgan fingerprint density at radius 1 is 1.24 bits per heavy atom. The molecule has 0 saturated heterocycles. The second kappa shape index (κ2) is 7.61. The SMILES string of the molecule is CO[C@H]1CCC[C@@H]1OC(=O)c1cc(S(=O)(=O)NC(C)(C)C)ccc1Cl. The maximum Gasteiger partial charge on any atom is 0.340 e. The van der Waals surface area contributed by atoms with Crippen LogP contribution in [-0.4, -0.2) is 39.2 Å². The number of ether oxygens (including phenoxy) is 2. The van der Waals surface area contributed by atoms with Crippen LogP contribution in [0.2, 0.25) is 5.02 Å². The van der Waals surface area contributed by atoms with Crippen LogP contribution in [-0.2, 0) is 19.5 Å². The number of esters is 1. The second-order valence-corrected chi connectivity index (χ2v) is 9.24. The van der Waals surface area contributed by atoms with Crippen LogP contribution in [0.25, 0.3) is 0 Å². The van der Waals surface area contributed by atoms with Gasteiger partial charge in [0.05, 0.1) is 21.6 Å². The van der Waals surface area contributed by atoms with E-state index in [4.69, 9.17) is 21.1 Å². The number of rotatable bonds is 5. The average Bonchev–Trinajstić information content (AvgIpc) is 2.92. The van der Waals surface area contributed by atoms with Crippen LogP contribution in [0.1, 0.15) is 50.4 Å². The number of carbonyl (C=O) groups excluding carboxylic acids is 1. The molecule has 0 aromatic heterocycles. The molecule has 25 heavy (non-hydrogen) atoms. The van der Waals surface area contributed by atoms with Gasteiger partial charge in [0, 0.05) is 12.6 Å². The second-order valence-electron chi connectivity index (χ2n) is 7.15. The van der Waals surface area contributed by atoms with Crippen LogP contribution in [0.3, 0.4) is 0 Å².